The van der Waals surface area contributed by atoms with Crippen LogP contribution in [0.25, 0.3) is 0 Å². The molecule has 1 unspecified atom stereocenters. The van der Waals surface area contributed by atoms with Crippen molar-refractivity contribution in [1.82, 2.24) is 5.32 Å². The number of ether oxygens (including phenoxy) is 1. The van der Waals surface area contributed by atoms with Crippen molar-refractivity contribution in [2.24, 2.45) is 0 Å². The Hall–Kier alpha value is -1.57. The van der Waals surface area contributed by atoms with Gasteiger partial charge in [-0.25, -0.2) is 0 Å². The number of hydrogen-bond donors (Lipinski definition) is 2. The van der Waals surface area contributed by atoms with Crippen molar-refractivity contribution in [2.45, 2.75) is 32.4 Å². The fourth-order valence-electron chi connectivity index (χ4n) is 1.85. The van der Waals surface area contributed by atoms with Gasteiger partial charge >= 0.3 is 0 Å². The number of methoxy groups -OCH3 is 1. The summed E-state index contributed by atoms with van der Waals surface area (Å²) >= 11 is 0. The molecule has 1 aromatic rings. The topological polar surface area (TPSA) is 65.3 Å². The van der Waals surface area contributed by atoms with Crippen LogP contribution in [0.4, 0.5) is 0 Å². The lowest BCUT2D eigenvalue weighted by Crippen LogP contribution is -2.29. The van der Waals surface area contributed by atoms with Gasteiger partial charge in [0.2, 0.25) is 0 Å². The van der Waals surface area contributed by atoms with Gasteiger partial charge in [0.25, 0.3) is 0 Å². The zero-order chi connectivity index (χ0) is 13.4. The smallest absolute Gasteiger partial charge is 0.123 e. The minimum Gasteiger partial charge on any atom is -0.496 e. The highest BCUT2D eigenvalue weighted by atomic mass is 16.5. The van der Waals surface area contributed by atoms with Gasteiger partial charge in [-0.3, -0.25) is 0 Å². The molecule has 98 valence electrons. The SMILES string of the molecule is CCC(CCO)NCc1cc(C#N)ccc1OC. The van der Waals surface area contributed by atoms with Gasteiger partial charge in [-0.15, -0.1) is 0 Å². The van der Waals surface area contributed by atoms with E-state index >= 15 is 0 Å². The van der Waals surface area contributed by atoms with E-state index in [1.165, 1.54) is 0 Å². The van der Waals surface area contributed by atoms with Crippen LogP contribution in [0.3, 0.4) is 0 Å². The summed E-state index contributed by atoms with van der Waals surface area (Å²) in [4.78, 5) is 0. The van der Waals surface area contributed by atoms with E-state index in [1.54, 1.807) is 13.2 Å². The Balaban J connectivity index is 2.73. The third-order valence-electron chi connectivity index (χ3n) is 2.96. The normalized spacial score (nSPS) is 11.9. The van der Waals surface area contributed by atoms with Crippen LogP contribution in [0.15, 0.2) is 18.2 Å². The van der Waals surface area contributed by atoms with E-state index in [2.05, 4.69) is 18.3 Å². The minimum atomic E-state index is 0.181. The van der Waals surface area contributed by atoms with E-state index in [-0.39, 0.29) is 12.6 Å². The average molecular weight is 248 g/mol. The van der Waals surface area contributed by atoms with Crippen LogP contribution in [0.5, 0.6) is 5.75 Å². The molecule has 18 heavy (non-hydrogen) atoms. The number of hydrogen-bond acceptors (Lipinski definition) is 4. The molecule has 1 rings (SSSR count). The van der Waals surface area contributed by atoms with Crippen molar-refractivity contribution in [3.63, 3.8) is 0 Å². The molecule has 0 saturated carbocycles. The summed E-state index contributed by atoms with van der Waals surface area (Å²) < 4.78 is 5.27. The number of aliphatic hydroxyl groups excluding tert-OH is 1. The Bertz CT molecular complexity index is 413. The predicted molar refractivity (Wildman–Crippen MR) is 70.3 cm³/mol. The summed E-state index contributed by atoms with van der Waals surface area (Å²) in [7, 11) is 1.62. The first-order chi connectivity index (χ1) is 8.74. The van der Waals surface area contributed by atoms with Gasteiger partial charge in [0.05, 0.1) is 18.7 Å². The van der Waals surface area contributed by atoms with E-state index in [0.29, 0.717) is 12.1 Å². The quantitative estimate of drug-likeness (QED) is 0.772. The summed E-state index contributed by atoms with van der Waals surface area (Å²) in [5.41, 5.74) is 1.59. The van der Waals surface area contributed by atoms with Crippen LogP contribution in [0, 0.1) is 11.3 Å². The molecule has 1 aromatic carbocycles. The first kappa shape index (κ1) is 14.5. The second kappa shape index (κ2) is 7.70. The van der Waals surface area contributed by atoms with Crippen LogP contribution in [0.2, 0.25) is 0 Å². The molecule has 0 bridgehead atoms. The zero-order valence-electron chi connectivity index (χ0n) is 10.9. The van der Waals surface area contributed by atoms with E-state index < -0.39 is 0 Å². The van der Waals surface area contributed by atoms with E-state index in [0.717, 1.165) is 24.2 Å². The first-order valence-corrected chi connectivity index (χ1v) is 6.16. The number of aliphatic hydroxyl groups is 1. The maximum Gasteiger partial charge on any atom is 0.123 e. The third kappa shape index (κ3) is 4.02. The van der Waals surface area contributed by atoms with Crippen molar-refractivity contribution in [1.29, 1.82) is 5.26 Å². The molecule has 0 aromatic heterocycles. The summed E-state index contributed by atoms with van der Waals surface area (Å²) in [5.74, 6) is 0.778. The van der Waals surface area contributed by atoms with Crippen LogP contribution in [-0.4, -0.2) is 24.9 Å². The molecule has 0 heterocycles. The Morgan fingerprint density at radius 1 is 1.50 bits per heavy atom. The summed E-state index contributed by atoms with van der Waals surface area (Å²) in [5, 5.41) is 21.2. The van der Waals surface area contributed by atoms with E-state index in [4.69, 9.17) is 15.1 Å². The molecule has 0 spiro atoms. The molecule has 4 heteroatoms. The second-order valence-electron chi connectivity index (χ2n) is 4.14. The van der Waals surface area contributed by atoms with Crippen molar-refractivity contribution < 1.29 is 9.84 Å². The van der Waals surface area contributed by atoms with Crippen molar-refractivity contribution in [3.05, 3.63) is 29.3 Å². The van der Waals surface area contributed by atoms with Crippen LogP contribution >= 0.6 is 0 Å². The molecule has 0 aliphatic rings. The predicted octanol–water partition coefficient (Wildman–Crippen LogP) is 1.82. The van der Waals surface area contributed by atoms with Crippen molar-refractivity contribution in [2.75, 3.05) is 13.7 Å². The molecule has 1 atom stereocenters. The molecule has 0 aliphatic carbocycles. The highest BCUT2D eigenvalue weighted by Gasteiger charge is 2.08. The molecule has 4 nitrogen and oxygen atoms in total. The minimum absolute atomic E-state index is 0.181. The fraction of sp³-hybridized carbons (Fsp3) is 0.500. The second-order valence-corrected chi connectivity index (χ2v) is 4.14. The molecule has 0 fully saturated rings. The van der Waals surface area contributed by atoms with Gasteiger partial charge in [0, 0.05) is 24.8 Å². The lowest BCUT2D eigenvalue weighted by atomic mass is 10.1. The maximum atomic E-state index is 8.94. The molecule has 2 N–H and O–H groups in total. The summed E-state index contributed by atoms with van der Waals surface area (Å²) in [6.07, 6.45) is 1.69. The molecule has 0 radical (unpaired) electrons. The van der Waals surface area contributed by atoms with Gasteiger partial charge in [-0.1, -0.05) is 6.92 Å². The monoisotopic (exact) mass is 248 g/mol. The fourth-order valence-corrected chi connectivity index (χ4v) is 1.85. The van der Waals surface area contributed by atoms with Crippen molar-refractivity contribution in [3.8, 4) is 11.8 Å². The highest BCUT2D eigenvalue weighted by molar-refractivity contribution is 5.42. The largest absolute Gasteiger partial charge is 0.496 e. The lowest BCUT2D eigenvalue weighted by molar-refractivity contribution is 0.261. The Morgan fingerprint density at radius 3 is 2.83 bits per heavy atom. The summed E-state index contributed by atoms with van der Waals surface area (Å²) in [6, 6.07) is 7.79. The van der Waals surface area contributed by atoms with Gasteiger partial charge < -0.3 is 15.2 Å². The number of nitriles is 1. The van der Waals surface area contributed by atoms with Gasteiger partial charge in [-0.05, 0) is 31.0 Å². The molecular weight excluding hydrogens is 228 g/mol. The van der Waals surface area contributed by atoms with Crippen LogP contribution in [0.1, 0.15) is 30.9 Å². The number of nitrogens with zero attached hydrogens (tertiary/aromatic N) is 1. The lowest BCUT2D eigenvalue weighted by Gasteiger charge is -2.17. The maximum absolute atomic E-state index is 8.94. The third-order valence-corrected chi connectivity index (χ3v) is 2.96. The van der Waals surface area contributed by atoms with E-state index in [9.17, 15) is 0 Å². The summed E-state index contributed by atoms with van der Waals surface area (Å²) in [6.45, 7) is 2.90. The zero-order valence-corrected chi connectivity index (χ0v) is 10.9. The first-order valence-electron chi connectivity index (χ1n) is 6.16. The van der Waals surface area contributed by atoms with Gasteiger partial charge in [0.1, 0.15) is 5.75 Å². The Kier molecular flexibility index (Phi) is 6.20. The van der Waals surface area contributed by atoms with Gasteiger partial charge in [0.15, 0.2) is 0 Å². The molecule has 0 saturated heterocycles. The van der Waals surface area contributed by atoms with Crippen molar-refractivity contribution >= 4 is 0 Å². The molecular formula is C14H20N2O2. The van der Waals surface area contributed by atoms with Crippen LogP contribution < -0.4 is 10.1 Å². The van der Waals surface area contributed by atoms with Crippen LogP contribution in [-0.2, 0) is 6.54 Å². The van der Waals surface area contributed by atoms with Gasteiger partial charge in [-0.2, -0.15) is 5.26 Å². The van der Waals surface area contributed by atoms with E-state index in [1.807, 2.05) is 12.1 Å². The number of rotatable bonds is 7. The number of nitrogens with one attached hydrogen (secondary N) is 1. The molecule has 0 aliphatic heterocycles. The standard InChI is InChI=1S/C14H20N2O2/c1-3-13(6-7-17)16-10-12-8-11(9-15)4-5-14(12)18-2/h4-5,8,13,16-17H,3,6-7,10H2,1-2H3. The Morgan fingerprint density at radius 2 is 2.28 bits per heavy atom. The average Bonchev–Trinajstić information content (AvgIpc) is 2.43. The number of benzene rings is 1. The molecule has 0 amide bonds. The highest BCUT2D eigenvalue weighted by Crippen LogP contribution is 2.19. The Labute approximate surface area is 108 Å².